The van der Waals surface area contributed by atoms with Crippen molar-refractivity contribution in [2.24, 2.45) is 0 Å². The first kappa shape index (κ1) is 13.3. The molecule has 0 aliphatic carbocycles. The summed E-state index contributed by atoms with van der Waals surface area (Å²) in [7, 11) is 0. The lowest BCUT2D eigenvalue weighted by atomic mass is 9.83. The summed E-state index contributed by atoms with van der Waals surface area (Å²) in [5.41, 5.74) is 1.66. The molecule has 1 heterocycles. The number of rotatable bonds is 3. The lowest BCUT2D eigenvalue weighted by molar-refractivity contribution is 0.624. The minimum atomic E-state index is -0.500. The third kappa shape index (κ3) is 2.65. The van der Waals surface area contributed by atoms with Crippen LogP contribution in [0.25, 0.3) is 0 Å². The second-order valence-corrected chi connectivity index (χ2v) is 5.26. The van der Waals surface area contributed by atoms with E-state index >= 15 is 0 Å². The summed E-state index contributed by atoms with van der Waals surface area (Å²) in [4.78, 5) is 4.31. The Balaban J connectivity index is 2.42. The van der Waals surface area contributed by atoms with Crippen LogP contribution in [-0.4, -0.2) is 14.8 Å². The van der Waals surface area contributed by atoms with Crippen molar-refractivity contribution in [2.75, 3.05) is 0 Å². The Morgan fingerprint density at radius 2 is 1.95 bits per heavy atom. The highest BCUT2D eigenvalue weighted by atomic mass is 15.3. The lowest BCUT2D eigenvalue weighted by Crippen LogP contribution is -2.18. The topological polar surface area (TPSA) is 54.5 Å². The fourth-order valence-electron chi connectivity index (χ4n) is 2.20. The van der Waals surface area contributed by atoms with Crippen LogP contribution in [0.4, 0.5) is 0 Å². The average molecular weight is 254 g/mol. The van der Waals surface area contributed by atoms with Crippen molar-refractivity contribution < 1.29 is 0 Å². The van der Waals surface area contributed by atoms with Gasteiger partial charge in [-0.3, -0.25) is 0 Å². The maximum atomic E-state index is 9.31. The molecule has 4 nitrogen and oxygen atoms in total. The van der Waals surface area contributed by atoms with Gasteiger partial charge in [-0.05, 0) is 38.8 Å². The molecule has 1 aromatic heterocycles. The lowest BCUT2D eigenvalue weighted by Gasteiger charge is -2.20. The number of nitriles is 1. The molecule has 0 radical (unpaired) electrons. The van der Waals surface area contributed by atoms with Crippen LogP contribution in [0.5, 0.6) is 0 Å². The number of nitrogens with zero attached hydrogens (tertiary/aromatic N) is 4. The van der Waals surface area contributed by atoms with E-state index in [0.717, 1.165) is 22.8 Å². The number of hydrogen-bond acceptors (Lipinski definition) is 3. The zero-order chi connectivity index (χ0) is 14.0. The van der Waals surface area contributed by atoms with Crippen LogP contribution in [0.3, 0.4) is 0 Å². The van der Waals surface area contributed by atoms with E-state index in [2.05, 4.69) is 16.2 Å². The number of aryl methyl sites for hydroxylation is 2. The van der Waals surface area contributed by atoms with E-state index in [9.17, 15) is 5.26 Å². The quantitative estimate of drug-likeness (QED) is 0.846. The summed E-state index contributed by atoms with van der Waals surface area (Å²) < 4.78 is 1.88. The molecule has 19 heavy (non-hydrogen) atoms. The van der Waals surface area contributed by atoms with Crippen molar-refractivity contribution in [3.63, 3.8) is 0 Å². The first-order valence-electron chi connectivity index (χ1n) is 6.32. The van der Waals surface area contributed by atoms with Gasteiger partial charge in [0.2, 0.25) is 0 Å². The van der Waals surface area contributed by atoms with E-state index in [1.54, 1.807) is 0 Å². The van der Waals surface area contributed by atoms with Crippen molar-refractivity contribution in [1.29, 1.82) is 5.26 Å². The summed E-state index contributed by atoms with van der Waals surface area (Å²) in [5.74, 6) is 1.66. The molecule has 2 rings (SSSR count). The molecule has 0 saturated heterocycles. The van der Waals surface area contributed by atoms with Gasteiger partial charge < -0.3 is 0 Å². The SMILES string of the molecule is Cc1nc(C)n(Cc2ccccc2C(C)(C)C#N)n1. The van der Waals surface area contributed by atoms with E-state index < -0.39 is 5.41 Å². The predicted molar refractivity (Wildman–Crippen MR) is 73.7 cm³/mol. The molecule has 0 amide bonds. The Labute approximate surface area is 113 Å². The molecule has 1 aromatic carbocycles. The van der Waals surface area contributed by atoms with Crippen molar-refractivity contribution in [3.8, 4) is 6.07 Å². The predicted octanol–water partition coefficient (Wildman–Crippen LogP) is 2.74. The van der Waals surface area contributed by atoms with Crippen molar-refractivity contribution in [2.45, 2.75) is 39.7 Å². The highest BCUT2D eigenvalue weighted by Gasteiger charge is 2.23. The van der Waals surface area contributed by atoms with Crippen molar-refractivity contribution in [1.82, 2.24) is 14.8 Å². The molecule has 0 aliphatic rings. The van der Waals surface area contributed by atoms with Gasteiger partial charge >= 0.3 is 0 Å². The maximum absolute atomic E-state index is 9.31. The summed E-state index contributed by atoms with van der Waals surface area (Å²) in [6.45, 7) is 8.34. The van der Waals surface area contributed by atoms with E-state index in [-0.39, 0.29) is 0 Å². The van der Waals surface area contributed by atoms with Gasteiger partial charge in [0.25, 0.3) is 0 Å². The standard InChI is InChI=1S/C15H18N4/c1-11-17-12(2)19(18-11)9-13-7-5-6-8-14(13)15(3,4)10-16/h5-8H,9H2,1-4H3. The molecule has 2 aromatic rings. The van der Waals surface area contributed by atoms with Crippen LogP contribution >= 0.6 is 0 Å². The van der Waals surface area contributed by atoms with Gasteiger partial charge in [0, 0.05) is 0 Å². The molecule has 0 unspecified atom stereocenters. The van der Waals surface area contributed by atoms with Crippen LogP contribution in [0.15, 0.2) is 24.3 Å². The van der Waals surface area contributed by atoms with Crippen LogP contribution < -0.4 is 0 Å². The van der Waals surface area contributed by atoms with Crippen LogP contribution in [0, 0.1) is 25.2 Å². The Bertz CT molecular complexity index is 632. The van der Waals surface area contributed by atoms with Gasteiger partial charge in [-0.2, -0.15) is 10.4 Å². The first-order chi connectivity index (χ1) is 8.94. The summed E-state index contributed by atoms with van der Waals surface area (Å²) >= 11 is 0. The van der Waals surface area contributed by atoms with Crippen LogP contribution in [0.2, 0.25) is 0 Å². The summed E-state index contributed by atoms with van der Waals surface area (Å²) in [6, 6.07) is 10.4. The normalized spacial score (nSPS) is 11.3. The highest BCUT2D eigenvalue weighted by molar-refractivity contribution is 5.37. The third-order valence-corrected chi connectivity index (χ3v) is 3.25. The molecule has 0 atom stereocenters. The Morgan fingerprint density at radius 3 is 2.53 bits per heavy atom. The second-order valence-electron chi connectivity index (χ2n) is 5.26. The smallest absolute Gasteiger partial charge is 0.147 e. The average Bonchev–Trinajstić information content (AvgIpc) is 2.68. The molecular formula is C15H18N4. The second kappa shape index (κ2) is 4.85. The molecule has 0 aliphatic heterocycles. The number of hydrogen-bond donors (Lipinski definition) is 0. The van der Waals surface area contributed by atoms with E-state index in [4.69, 9.17) is 0 Å². The van der Waals surface area contributed by atoms with Gasteiger partial charge in [-0.1, -0.05) is 24.3 Å². The van der Waals surface area contributed by atoms with Crippen molar-refractivity contribution in [3.05, 3.63) is 47.0 Å². The zero-order valence-electron chi connectivity index (χ0n) is 11.8. The van der Waals surface area contributed by atoms with Gasteiger partial charge in [0.15, 0.2) is 0 Å². The molecule has 4 heteroatoms. The molecule has 0 saturated carbocycles. The van der Waals surface area contributed by atoms with E-state index in [0.29, 0.717) is 6.54 Å². The molecule has 0 fully saturated rings. The molecule has 0 N–H and O–H groups in total. The largest absolute Gasteiger partial charge is 0.246 e. The van der Waals surface area contributed by atoms with Crippen LogP contribution in [0.1, 0.15) is 36.6 Å². The Kier molecular flexibility index (Phi) is 3.39. The minimum absolute atomic E-state index is 0.500. The molecule has 98 valence electrons. The highest BCUT2D eigenvalue weighted by Crippen LogP contribution is 2.26. The van der Waals surface area contributed by atoms with Gasteiger partial charge in [-0.25, -0.2) is 9.67 Å². The third-order valence-electron chi connectivity index (χ3n) is 3.25. The van der Waals surface area contributed by atoms with Gasteiger partial charge in [-0.15, -0.1) is 0 Å². The maximum Gasteiger partial charge on any atom is 0.147 e. The van der Waals surface area contributed by atoms with Crippen molar-refractivity contribution >= 4 is 0 Å². The molecule has 0 bridgehead atoms. The van der Waals surface area contributed by atoms with Crippen LogP contribution in [-0.2, 0) is 12.0 Å². The number of benzene rings is 1. The fraction of sp³-hybridized carbons (Fsp3) is 0.400. The molecular weight excluding hydrogens is 236 g/mol. The van der Waals surface area contributed by atoms with E-state index in [1.165, 1.54) is 0 Å². The van der Waals surface area contributed by atoms with Gasteiger partial charge in [0.05, 0.1) is 18.0 Å². The Morgan fingerprint density at radius 1 is 1.26 bits per heavy atom. The Hall–Kier alpha value is -2.15. The fourth-order valence-corrected chi connectivity index (χ4v) is 2.20. The zero-order valence-corrected chi connectivity index (χ0v) is 11.8. The molecule has 0 spiro atoms. The first-order valence-corrected chi connectivity index (χ1v) is 6.32. The monoisotopic (exact) mass is 254 g/mol. The number of aromatic nitrogens is 3. The van der Waals surface area contributed by atoms with E-state index in [1.807, 2.05) is 56.6 Å². The minimum Gasteiger partial charge on any atom is -0.246 e. The van der Waals surface area contributed by atoms with Gasteiger partial charge in [0.1, 0.15) is 11.6 Å². The summed E-state index contributed by atoms with van der Waals surface area (Å²) in [6.07, 6.45) is 0. The summed E-state index contributed by atoms with van der Waals surface area (Å²) in [5, 5.41) is 13.7.